The highest BCUT2D eigenvalue weighted by Crippen LogP contribution is 2.15. The first-order valence-electron chi connectivity index (χ1n) is 7.24. The van der Waals surface area contributed by atoms with Gasteiger partial charge in [0.2, 0.25) is 0 Å². The van der Waals surface area contributed by atoms with E-state index in [9.17, 15) is 0 Å². The van der Waals surface area contributed by atoms with Crippen molar-refractivity contribution < 1.29 is 4.42 Å². The number of nitrogens with zero attached hydrogens (tertiary/aromatic N) is 1. The summed E-state index contributed by atoms with van der Waals surface area (Å²) in [7, 11) is 0. The normalized spacial score (nSPS) is 20.2. The molecule has 2 rings (SSSR count). The van der Waals surface area contributed by atoms with Gasteiger partial charge in [0.05, 0.1) is 6.54 Å². The molecule has 1 aromatic heterocycles. The zero-order chi connectivity index (χ0) is 13.0. The molecule has 102 valence electrons. The molecule has 0 amide bonds. The quantitative estimate of drug-likeness (QED) is 0.841. The average molecular weight is 250 g/mol. The minimum atomic E-state index is 0.558. The number of furan rings is 1. The van der Waals surface area contributed by atoms with E-state index in [0.29, 0.717) is 12.1 Å². The van der Waals surface area contributed by atoms with Gasteiger partial charge in [-0.2, -0.15) is 0 Å². The highest BCUT2D eigenvalue weighted by atomic mass is 16.3. The lowest BCUT2D eigenvalue weighted by atomic mass is 10.2. The highest BCUT2D eigenvalue weighted by molar-refractivity contribution is 5.07. The molecular formula is C15H26N2O. The fraction of sp³-hybridized carbons (Fsp3) is 0.733. The van der Waals surface area contributed by atoms with E-state index in [1.807, 2.05) is 0 Å². The molecule has 3 nitrogen and oxygen atoms in total. The molecule has 1 atom stereocenters. The summed E-state index contributed by atoms with van der Waals surface area (Å²) in [5.74, 6) is 2.19. The van der Waals surface area contributed by atoms with Crippen molar-refractivity contribution in [1.82, 2.24) is 10.2 Å². The maximum Gasteiger partial charge on any atom is 0.118 e. The minimum absolute atomic E-state index is 0.558. The molecule has 1 saturated heterocycles. The SMILES string of the molecule is CCc1ccc(CN(CC2CCCN2)C(C)C)o1. The van der Waals surface area contributed by atoms with Crippen molar-refractivity contribution >= 4 is 0 Å². The van der Waals surface area contributed by atoms with Crippen molar-refractivity contribution in [2.45, 2.75) is 58.7 Å². The van der Waals surface area contributed by atoms with Gasteiger partial charge in [-0.05, 0) is 45.4 Å². The summed E-state index contributed by atoms with van der Waals surface area (Å²) in [5.41, 5.74) is 0. The Labute approximate surface area is 111 Å². The molecule has 3 heteroatoms. The summed E-state index contributed by atoms with van der Waals surface area (Å²) in [5, 5.41) is 3.57. The van der Waals surface area contributed by atoms with Crippen LogP contribution in [0.3, 0.4) is 0 Å². The number of hydrogen-bond acceptors (Lipinski definition) is 3. The second-order valence-corrected chi connectivity index (χ2v) is 5.54. The first-order valence-corrected chi connectivity index (χ1v) is 7.24. The van der Waals surface area contributed by atoms with E-state index in [0.717, 1.165) is 31.0 Å². The van der Waals surface area contributed by atoms with Crippen LogP contribution in [0.5, 0.6) is 0 Å². The maximum absolute atomic E-state index is 5.82. The predicted molar refractivity (Wildman–Crippen MR) is 74.7 cm³/mol. The van der Waals surface area contributed by atoms with E-state index in [1.54, 1.807) is 0 Å². The Morgan fingerprint density at radius 2 is 2.17 bits per heavy atom. The molecule has 1 unspecified atom stereocenters. The van der Waals surface area contributed by atoms with E-state index in [1.165, 1.54) is 19.4 Å². The molecule has 2 heterocycles. The van der Waals surface area contributed by atoms with E-state index >= 15 is 0 Å². The molecule has 18 heavy (non-hydrogen) atoms. The summed E-state index contributed by atoms with van der Waals surface area (Å²) in [6.07, 6.45) is 3.60. The second kappa shape index (κ2) is 6.39. The number of rotatable bonds is 6. The summed E-state index contributed by atoms with van der Waals surface area (Å²) in [4.78, 5) is 2.50. The maximum atomic E-state index is 5.82. The van der Waals surface area contributed by atoms with Gasteiger partial charge in [-0.25, -0.2) is 0 Å². The van der Waals surface area contributed by atoms with Gasteiger partial charge < -0.3 is 9.73 Å². The first-order chi connectivity index (χ1) is 8.69. The highest BCUT2D eigenvalue weighted by Gasteiger charge is 2.20. The van der Waals surface area contributed by atoms with Crippen molar-refractivity contribution in [3.63, 3.8) is 0 Å². The van der Waals surface area contributed by atoms with Crippen molar-refractivity contribution in [3.8, 4) is 0 Å². The van der Waals surface area contributed by atoms with Gasteiger partial charge >= 0.3 is 0 Å². The van der Waals surface area contributed by atoms with E-state index < -0.39 is 0 Å². The third-order valence-electron chi connectivity index (χ3n) is 3.77. The summed E-state index contributed by atoms with van der Waals surface area (Å²) in [6.45, 7) is 9.88. The van der Waals surface area contributed by atoms with Crippen LogP contribution in [0.15, 0.2) is 16.5 Å². The smallest absolute Gasteiger partial charge is 0.118 e. The molecule has 0 bridgehead atoms. The lowest BCUT2D eigenvalue weighted by molar-refractivity contribution is 0.179. The minimum Gasteiger partial charge on any atom is -0.465 e. The van der Waals surface area contributed by atoms with E-state index in [4.69, 9.17) is 4.42 Å². The van der Waals surface area contributed by atoms with Crippen LogP contribution in [0, 0.1) is 0 Å². The molecule has 0 aliphatic carbocycles. The van der Waals surface area contributed by atoms with Gasteiger partial charge in [0, 0.05) is 25.0 Å². The summed E-state index contributed by atoms with van der Waals surface area (Å²) >= 11 is 0. The molecular weight excluding hydrogens is 224 g/mol. The summed E-state index contributed by atoms with van der Waals surface area (Å²) < 4.78 is 5.82. The van der Waals surface area contributed by atoms with Crippen LogP contribution in [0.1, 0.15) is 45.1 Å². The van der Waals surface area contributed by atoms with E-state index in [-0.39, 0.29) is 0 Å². The van der Waals surface area contributed by atoms with Crippen LogP contribution in [0.4, 0.5) is 0 Å². The topological polar surface area (TPSA) is 28.4 Å². The zero-order valence-electron chi connectivity index (χ0n) is 11.9. The van der Waals surface area contributed by atoms with Crippen molar-refractivity contribution in [3.05, 3.63) is 23.7 Å². The molecule has 0 spiro atoms. The van der Waals surface area contributed by atoms with Gasteiger partial charge in [0.15, 0.2) is 0 Å². The first kappa shape index (κ1) is 13.6. The predicted octanol–water partition coefficient (Wildman–Crippen LogP) is 2.80. The Bertz CT molecular complexity index is 353. The van der Waals surface area contributed by atoms with E-state index in [2.05, 4.69) is 43.1 Å². The van der Waals surface area contributed by atoms with Gasteiger partial charge in [-0.15, -0.1) is 0 Å². The molecule has 0 radical (unpaired) electrons. The molecule has 1 N–H and O–H groups in total. The molecule has 1 fully saturated rings. The zero-order valence-corrected chi connectivity index (χ0v) is 11.9. The third kappa shape index (κ3) is 3.59. The monoisotopic (exact) mass is 250 g/mol. The molecule has 1 aromatic rings. The fourth-order valence-electron chi connectivity index (χ4n) is 2.55. The van der Waals surface area contributed by atoms with Crippen molar-refractivity contribution in [1.29, 1.82) is 0 Å². The van der Waals surface area contributed by atoms with Crippen LogP contribution in [0.25, 0.3) is 0 Å². The number of hydrogen-bond donors (Lipinski definition) is 1. The number of nitrogens with one attached hydrogen (secondary N) is 1. The van der Waals surface area contributed by atoms with Crippen LogP contribution < -0.4 is 5.32 Å². The average Bonchev–Trinajstić information content (AvgIpc) is 2.99. The second-order valence-electron chi connectivity index (χ2n) is 5.54. The van der Waals surface area contributed by atoms with Crippen LogP contribution in [-0.2, 0) is 13.0 Å². The summed E-state index contributed by atoms with van der Waals surface area (Å²) in [6, 6.07) is 5.44. The van der Waals surface area contributed by atoms with Gasteiger partial charge in [-0.1, -0.05) is 6.92 Å². The molecule has 1 aliphatic heterocycles. The Balaban J connectivity index is 1.92. The molecule has 1 aliphatic rings. The Kier molecular flexibility index (Phi) is 4.84. The van der Waals surface area contributed by atoms with Gasteiger partial charge in [0.1, 0.15) is 11.5 Å². The van der Waals surface area contributed by atoms with Crippen LogP contribution in [0.2, 0.25) is 0 Å². The van der Waals surface area contributed by atoms with Crippen LogP contribution in [-0.4, -0.2) is 30.1 Å². The largest absolute Gasteiger partial charge is 0.465 e. The van der Waals surface area contributed by atoms with Crippen LogP contribution >= 0.6 is 0 Å². The molecule has 0 aromatic carbocycles. The third-order valence-corrected chi connectivity index (χ3v) is 3.77. The Morgan fingerprint density at radius 1 is 1.39 bits per heavy atom. The molecule has 0 saturated carbocycles. The lowest BCUT2D eigenvalue weighted by Gasteiger charge is -2.28. The van der Waals surface area contributed by atoms with Gasteiger partial charge in [0.25, 0.3) is 0 Å². The van der Waals surface area contributed by atoms with Gasteiger partial charge in [-0.3, -0.25) is 4.90 Å². The number of aryl methyl sites for hydroxylation is 1. The lowest BCUT2D eigenvalue weighted by Crippen LogP contribution is -2.40. The standard InChI is InChI=1S/C15H26N2O/c1-4-14-7-8-15(18-14)11-17(12(2)3)10-13-6-5-9-16-13/h7-8,12-13,16H,4-6,9-11H2,1-3H3. The van der Waals surface area contributed by atoms with Crippen molar-refractivity contribution in [2.24, 2.45) is 0 Å². The van der Waals surface area contributed by atoms with Crippen molar-refractivity contribution in [2.75, 3.05) is 13.1 Å². The fourth-order valence-corrected chi connectivity index (χ4v) is 2.55. The Morgan fingerprint density at radius 3 is 2.72 bits per heavy atom. The Hall–Kier alpha value is -0.800.